The summed E-state index contributed by atoms with van der Waals surface area (Å²) in [5, 5.41) is 25.2. The van der Waals surface area contributed by atoms with Gasteiger partial charge in [-0.3, -0.25) is 20.2 Å². The Morgan fingerprint density at radius 1 is 1.32 bits per heavy atom. The van der Waals surface area contributed by atoms with Crippen LogP contribution in [-0.4, -0.2) is 34.0 Å². The second kappa shape index (κ2) is 5.68. The van der Waals surface area contributed by atoms with E-state index in [2.05, 4.69) is 15.0 Å². The van der Waals surface area contributed by atoms with Crippen molar-refractivity contribution in [2.24, 2.45) is 0 Å². The molecule has 0 spiro atoms. The number of fused-ring (bicyclic) bond motifs is 1. The van der Waals surface area contributed by atoms with E-state index in [1.54, 1.807) is 0 Å². The van der Waals surface area contributed by atoms with Crippen molar-refractivity contribution in [3.63, 3.8) is 0 Å². The van der Waals surface area contributed by atoms with E-state index in [1.165, 1.54) is 26.3 Å². The Hall–Kier alpha value is -3.17. The number of aromatic amines is 1. The molecule has 0 saturated carbocycles. The molecule has 2 aromatic rings. The third kappa shape index (κ3) is 2.53. The van der Waals surface area contributed by atoms with Crippen molar-refractivity contribution in [3.8, 4) is 0 Å². The number of carbonyl (C=O) groups is 1. The highest BCUT2D eigenvalue weighted by Gasteiger charge is 2.28. The first kappa shape index (κ1) is 15.2. The van der Waals surface area contributed by atoms with Crippen LogP contribution in [0.25, 0.3) is 10.9 Å². The van der Waals surface area contributed by atoms with Crippen molar-refractivity contribution < 1.29 is 19.4 Å². The van der Waals surface area contributed by atoms with Gasteiger partial charge in [-0.15, -0.1) is 0 Å². The van der Waals surface area contributed by atoms with Crippen LogP contribution in [0.4, 0.5) is 17.1 Å². The summed E-state index contributed by atoms with van der Waals surface area (Å²) in [7, 11) is 1.19. The van der Waals surface area contributed by atoms with E-state index in [9.17, 15) is 25.0 Å². The smallest absolute Gasteiger partial charge is 0.327 e. The number of nitrogens with one attached hydrogen (secondary N) is 2. The highest BCUT2D eigenvalue weighted by molar-refractivity contribution is 6.03. The van der Waals surface area contributed by atoms with Gasteiger partial charge in [0, 0.05) is 11.6 Å². The number of nitrogens with zero attached hydrogens (tertiary/aromatic N) is 2. The van der Waals surface area contributed by atoms with Gasteiger partial charge in [0.05, 0.1) is 23.0 Å². The van der Waals surface area contributed by atoms with Crippen molar-refractivity contribution in [1.82, 2.24) is 4.98 Å². The summed E-state index contributed by atoms with van der Waals surface area (Å²) in [5.41, 5.74) is -0.752. The van der Waals surface area contributed by atoms with Crippen LogP contribution in [0, 0.1) is 20.2 Å². The maximum Gasteiger partial charge on any atom is 0.327 e. The van der Waals surface area contributed by atoms with E-state index >= 15 is 0 Å². The maximum atomic E-state index is 11.5. The number of methoxy groups -OCH3 is 1. The van der Waals surface area contributed by atoms with E-state index in [0.717, 1.165) is 6.07 Å². The summed E-state index contributed by atoms with van der Waals surface area (Å²) in [5.74, 6) is -0.615. The quantitative estimate of drug-likeness (QED) is 0.488. The van der Waals surface area contributed by atoms with Crippen LogP contribution in [0.5, 0.6) is 0 Å². The summed E-state index contributed by atoms with van der Waals surface area (Å²) in [6.45, 7) is 1.47. The normalized spacial score (nSPS) is 11.9. The third-order valence-corrected chi connectivity index (χ3v) is 3.11. The van der Waals surface area contributed by atoms with Gasteiger partial charge in [0.1, 0.15) is 17.2 Å². The Morgan fingerprint density at radius 2 is 1.95 bits per heavy atom. The number of aromatic nitrogens is 1. The lowest BCUT2D eigenvalue weighted by atomic mass is 10.1. The second-order valence-corrected chi connectivity index (χ2v) is 4.46. The zero-order chi connectivity index (χ0) is 16.4. The number of non-ortho nitro benzene ring substituents is 1. The lowest BCUT2D eigenvalue weighted by Gasteiger charge is -2.14. The number of H-pyrrole nitrogens is 1. The number of ether oxygens (including phenoxy) is 1. The minimum atomic E-state index is -0.858. The molecule has 0 amide bonds. The van der Waals surface area contributed by atoms with Gasteiger partial charge in [-0.1, -0.05) is 0 Å². The van der Waals surface area contributed by atoms with Gasteiger partial charge in [-0.05, 0) is 13.0 Å². The number of nitro benzene ring substituents is 2. The molecule has 1 aromatic heterocycles. The second-order valence-electron chi connectivity index (χ2n) is 4.46. The molecule has 0 fully saturated rings. The number of hydrogen-bond acceptors (Lipinski definition) is 7. The van der Waals surface area contributed by atoms with E-state index in [4.69, 9.17) is 0 Å². The summed E-state index contributed by atoms with van der Waals surface area (Å²) in [6.07, 6.45) is 1.43. The molecule has 116 valence electrons. The number of benzene rings is 1. The lowest BCUT2D eigenvalue weighted by Crippen LogP contribution is -2.27. The third-order valence-electron chi connectivity index (χ3n) is 3.11. The van der Waals surface area contributed by atoms with Gasteiger partial charge in [0.25, 0.3) is 11.4 Å². The fraction of sp³-hybridized carbons (Fsp3) is 0.250. The number of carbonyl (C=O) groups excluding carboxylic acids is 1. The van der Waals surface area contributed by atoms with Gasteiger partial charge in [-0.2, -0.15) is 0 Å². The molecule has 2 rings (SSSR count). The van der Waals surface area contributed by atoms with Gasteiger partial charge >= 0.3 is 5.97 Å². The molecule has 0 bridgehead atoms. The van der Waals surface area contributed by atoms with Gasteiger partial charge in [0.2, 0.25) is 0 Å². The number of nitro groups is 2. The number of esters is 1. The SMILES string of the molecule is COC(=O)C(C)Nc1c([N+](=O)[O-])cc([N+](=O)[O-])c2[nH]ccc12. The van der Waals surface area contributed by atoms with Crippen LogP contribution in [-0.2, 0) is 9.53 Å². The molecule has 1 atom stereocenters. The molecule has 0 radical (unpaired) electrons. The zero-order valence-electron chi connectivity index (χ0n) is 11.7. The first-order valence-electron chi connectivity index (χ1n) is 6.14. The maximum absolute atomic E-state index is 11.5. The molecule has 1 heterocycles. The summed E-state index contributed by atoms with van der Waals surface area (Å²) < 4.78 is 4.55. The summed E-state index contributed by atoms with van der Waals surface area (Å²) in [6, 6.07) is 1.45. The standard InChI is InChI=1S/C12H12N4O6/c1-6(12(17)22-2)14-11-7-3-4-13-10(7)8(15(18)19)5-9(11)16(20)21/h3-6,13-14H,1-2H3. The van der Waals surface area contributed by atoms with E-state index < -0.39 is 33.2 Å². The van der Waals surface area contributed by atoms with Crippen molar-refractivity contribution in [2.75, 3.05) is 12.4 Å². The Morgan fingerprint density at radius 3 is 2.50 bits per heavy atom. The average Bonchev–Trinajstić information content (AvgIpc) is 2.95. The fourth-order valence-electron chi connectivity index (χ4n) is 2.09. The topological polar surface area (TPSA) is 140 Å². The molecule has 10 heteroatoms. The molecule has 22 heavy (non-hydrogen) atoms. The van der Waals surface area contributed by atoms with Crippen molar-refractivity contribution >= 4 is 33.9 Å². The van der Waals surface area contributed by atoms with Crippen LogP contribution in [0.3, 0.4) is 0 Å². The molecule has 0 aliphatic heterocycles. The Kier molecular flexibility index (Phi) is 3.93. The van der Waals surface area contributed by atoms with Crippen LogP contribution in [0.2, 0.25) is 0 Å². The molecule has 10 nitrogen and oxygen atoms in total. The molecule has 0 aliphatic rings. The van der Waals surface area contributed by atoms with Crippen molar-refractivity contribution in [1.29, 1.82) is 0 Å². The van der Waals surface area contributed by atoms with Gasteiger partial charge in [-0.25, -0.2) is 4.79 Å². The predicted octanol–water partition coefficient (Wildman–Crippen LogP) is 1.96. The number of anilines is 1. The molecular weight excluding hydrogens is 296 g/mol. The number of hydrogen-bond donors (Lipinski definition) is 2. The molecule has 2 N–H and O–H groups in total. The Bertz CT molecular complexity index is 768. The minimum Gasteiger partial charge on any atom is -0.467 e. The molecule has 0 aliphatic carbocycles. The minimum absolute atomic E-state index is 0.0183. The average molecular weight is 308 g/mol. The van der Waals surface area contributed by atoms with Crippen molar-refractivity contribution in [3.05, 3.63) is 38.6 Å². The number of rotatable bonds is 5. The van der Waals surface area contributed by atoms with Crippen LogP contribution in [0.1, 0.15) is 6.92 Å². The first-order chi connectivity index (χ1) is 10.4. The summed E-state index contributed by atoms with van der Waals surface area (Å²) >= 11 is 0. The largest absolute Gasteiger partial charge is 0.467 e. The molecular formula is C12H12N4O6. The zero-order valence-corrected chi connectivity index (χ0v) is 11.7. The highest BCUT2D eigenvalue weighted by atomic mass is 16.6. The molecule has 0 saturated heterocycles. The summed E-state index contributed by atoms with van der Waals surface area (Å²) in [4.78, 5) is 34.9. The Balaban J connectivity index is 2.66. The van der Waals surface area contributed by atoms with Crippen LogP contribution >= 0.6 is 0 Å². The van der Waals surface area contributed by atoms with E-state index in [0.29, 0.717) is 0 Å². The predicted molar refractivity (Wildman–Crippen MR) is 76.7 cm³/mol. The van der Waals surface area contributed by atoms with Crippen molar-refractivity contribution in [2.45, 2.75) is 13.0 Å². The lowest BCUT2D eigenvalue weighted by molar-refractivity contribution is -0.392. The van der Waals surface area contributed by atoms with Gasteiger partial charge < -0.3 is 15.0 Å². The van der Waals surface area contributed by atoms with Crippen LogP contribution in [0.15, 0.2) is 18.3 Å². The molecule has 1 unspecified atom stereocenters. The molecule has 1 aromatic carbocycles. The van der Waals surface area contributed by atoms with Gasteiger partial charge in [0.15, 0.2) is 0 Å². The fourth-order valence-corrected chi connectivity index (χ4v) is 2.09. The Labute approximate surface area is 123 Å². The van der Waals surface area contributed by atoms with E-state index in [-0.39, 0.29) is 16.6 Å². The van der Waals surface area contributed by atoms with E-state index in [1.807, 2.05) is 0 Å². The highest BCUT2D eigenvalue weighted by Crippen LogP contribution is 2.39. The van der Waals surface area contributed by atoms with Crippen LogP contribution < -0.4 is 5.32 Å². The monoisotopic (exact) mass is 308 g/mol. The first-order valence-corrected chi connectivity index (χ1v) is 6.14.